The summed E-state index contributed by atoms with van der Waals surface area (Å²) in [5.74, 6) is 0. The second kappa shape index (κ2) is 5.87. The zero-order chi connectivity index (χ0) is 13.8. The minimum absolute atomic E-state index is 0.534. The number of benzene rings is 3. The van der Waals surface area contributed by atoms with Crippen molar-refractivity contribution in [3.63, 3.8) is 0 Å². The zero-order valence-corrected chi connectivity index (χ0v) is 11.8. The molecule has 1 heterocycles. The summed E-state index contributed by atoms with van der Waals surface area (Å²) < 4.78 is 8.58. The molecule has 0 saturated heterocycles. The van der Waals surface area contributed by atoms with Crippen molar-refractivity contribution in [2.75, 3.05) is 0 Å². The SMILES string of the molecule is O[s+]1cccc1.c1ccc2cc3ccccc3cc2c1. The van der Waals surface area contributed by atoms with E-state index in [0.717, 1.165) is 0 Å². The Morgan fingerprint density at radius 2 is 0.900 bits per heavy atom. The van der Waals surface area contributed by atoms with Crippen LogP contribution in [0.15, 0.2) is 83.6 Å². The fourth-order valence-corrected chi connectivity index (χ4v) is 2.77. The van der Waals surface area contributed by atoms with Crippen molar-refractivity contribution < 1.29 is 4.55 Å². The lowest BCUT2D eigenvalue weighted by Crippen LogP contribution is -1.74. The van der Waals surface area contributed by atoms with Crippen LogP contribution in [0, 0.1) is 0 Å². The first-order valence-corrected chi connectivity index (χ1v) is 7.77. The van der Waals surface area contributed by atoms with Gasteiger partial charge >= 0.3 is 0 Å². The largest absolute Gasteiger partial charge is 0.174 e. The topological polar surface area (TPSA) is 20.2 Å². The summed E-state index contributed by atoms with van der Waals surface area (Å²) in [6, 6.07) is 25.1. The molecule has 0 atom stereocenters. The van der Waals surface area contributed by atoms with Crippen LogP contribution in [0.25, 0.3) is 21.5 Å². The standard InChI is InChI=1S/C14H10.C4H5OS/c1-2-6-12-10-14-8-4-3-7-13(14)9-11(12)5-1;5-6-3-1-2-4-6/h1-10H;1-5H/q;+1. The lowest BCUT2D eigenvalue weighted by atomic mass is 10.0. The number of hydrogen-bond acceptors (Lipinski definition) is 1. The molecule has 4 rings (SSSR count). The molecule has 3 aromatic carbocycles. The van der Waals surface area contributed by atoms with Crippen LogP contribution in [0.1, 0.15) is 0 Å². The van der Waals surface area contributed by atoms with E-state index in [1.807, 2.05) is 12.1 Å². The number of fused-ring (bicyclic) bond motifs is 2. The van der Waals surface area contributed by atoms with Gasteiger partial charge < -0.3 is 0 Å². The summed E-state index contributed by atoms with van der Waals surface area (Å²) in [6.07, 6.45) is 0. The quantitative estimate of drug-likeness (QED) is 0.330. The van der Waals surface area contributed by atoms with Crippen LogP contribution in [0.3, 0.4) is 0 Å². The van der Waals surface area contributed by atoms with Gasteiger partial charge in [-0.15, -0.1) is 0 Å². The molecule has 0 bridgehead atoms. The molecule has 0 unspecified atom stereocenters. The third-order valence-electron chi connectivity index (χ3n) is 3.16. The van der Waals surface area contributed by atoms with Crippen LogP contribution in [-0.2, 0) is 0 Å². The molecule has 4 aromatic rings. The average Bonchev–Trinajstić information content (AvgIpc) is 2.97. The van der Waals surface area contributed by atoms with Crippen LogP contribution in [0.5, 0.6) is 0 Å². The Labute approximate surface area is 120 Å². The second-order valence-corrected chi connectivity index (χ2v) is 5.79. The van der Waals surface area contributed by atoms with Crippen molar-refractivity contribution in [2.24, 2.45) is 0 Å². The Morgan fingerprint density at radius 1 is 0.550 bits per heavy atom. The molecule has 20 heavy (non-hydrogen) atoms. The third-order valence-corrected chi connectivity index (χ3v) is 4.03. The van der Waals surface area contributed by atoms with Gasteiger partial charge in [-0.25, -0.2) is 0 Å². The van der Waals surface area contributed by atoms with E-state index in [-0.39, 0.29) is 0 Å². The molecule has 0 aliphatic rings. The van der Waals surface area contributed by atoms with Gasteiger partial charge in [0, 0.05) is 0 Å². The van der Waals surface area contributed by atoms with Crippen molar-refractivity contribution in [2.45, 2.75) is 0 Å². The van der Waals surface area contributed by atoms with E-state index in [4.69, 9.17) is 4.55 Å². The monoisotopic (exact) mass is 279 g/mol. The fraction of sp³-hybridized carbons (Fsp3) is 0. The number of rotatable bonds is 0. The first-order valence-electron chi connectivity index (χ1n) is 6.46. The minimum atomic E-state index is -0.534. The molecule has 0 amide bonds. The molecule has 0 radical (unpaired) electrons. The van der Waals surface area contributed by atoms with Gasteiger partial charge in [0.15, 0.2) is 10.8 Å². The van der Waals surface area contributed by atoms with Gasteiger partial charge in [-0.3, -0.25) is 0 Å². The summed E-state index contributed by atoms with van der Waals surface area (Å²) in [6.45, 7) is 0. The summed E-state index contributed by atoms with van der Waals surface area (Å²) >= 11 is 0. The molecule has 1 nitrogen and oxygen atoms in total. The van der Waals surface area contributed by atoms with Crippen molar-refractivity contribution >= 4 is 32.3 Å². The summed E-state index contributed by atoms with van der Waals surface area (Å²) in [4.78, 5) is 0. The summed E-state index contributed by atoms with van der Waals surface area (Å²) in [7, 11) is -0.534. The summed E-state index contributed by atoms with van der Waals surface area (Å²) in [5, 5.41) is 8.75. The number of thiophene rings is 1. The molecular weight excluding hydrogens is 264 g/mol. The molecule has 0 aliphatic heterocycles. The maximum absolute atomic E-state index is 8.58. The first kappa shape index (κ1) is 12.9. The average molecular weight is 279 g/mol. The van der Waals surface area contributed by atoms with E-state index in [0.29, 0.717) is 0 Å². The van der Waals surface area contributed by atoms with Crippen LogP contribution in [0.4, 0.5) is 0 Å². The normalized spacial score (nSPS) is 10.2. The minimum Gasteiger partial charge on any atom is -0.164 e. The number of hydrogen-bond donors (Lipinski definition) is 1. The van der Waals surface area contributed by atoms with Gasteiger partial charge in [-0.2, -0.15) is 4.55 Å². The van der Waals surface area contributed by atoms with Crippen LogP contribution < -0.4 is 0 Å². The second-order valence-electron chi connectivity index (χ2n) is 4.55. The highest BCUT2D eigenvalue weighted by Gasteiger charge is 1.95. The van der Waals surface area contributed by atoms with Crippen LogP contribution in [0.2, 0.25) is 0 Å². The first-order chi connectivity index (χ1) is 9.83. The van der Waals surface area contributed by atoms with E-state index in [1.54, 1.807) is 10.8 Å². The van der Waals surface area contributed by atoms with E-state index in [2.05, 4.69) is 60.7 Å². The Kier molecular flexibility index (Phi) is 3.77. The lowest BCUT2D eigenvalue weighted by Gasteiger charge is -2.00. The molecule has 1 aromatic heterocycles. The molecule has 0 spiro atoms. The Balaban J connectivity index is 0.000000170. The van der Waals surface area contributed by atoms with Gasteiger partial charge in [0.05, 0.1) is 0 Å². The van der Waals surface area contributed by atoms with Crippen molar-refractivity contribution in [1.29, 1.82) is 0 Å². The zero-order valence-electron chi connectivity index (χ0n) is 10.9. The summed E-state index contributed by atoms with van der Waals surface area (Å²) in [5.41, 5.74) is 0. The molecule has 0 saturated carbocycles. The van der Waals surface area contributed by atoms with E-state index in [1.165, 1.54) is 21.5 Å². The highest BCUT2D eigenvalue weighted by molar-refractivity contribution is 7.21. The molecule has 2 heteroatoms. The van der Waals surface area contributed by atoms with E-state index < -0.39 is 10.8 Å². The van der Waals surface area contributed by atoms with Gasteiger partial charge in [0.1, 0.15) is 10.8 Å². The van der Waals surface area contributed by atoms with Crippen molar-refractivity contribution in [3.8, 4) is 0 Å². The van der Waals surface area contributed by atoms with Crippen LogP contribution in [-0.4, -0.2) is 4.55 Å². The molecule has 98 valence electrons. The fourth-order valence-electron chi connectivity index (χ4n) is 2.18. The Morgan fingerprint density at radius 3 is 1.15 bits per heavy atom. The molecule has 0 aliphatic carbocycles. The van der Waals surface area contributed by atoms with Gasteiger partial charge in [0.2, 0.25) is 0 Å². The predicted molar refractivity (Wildman–Crippen MR) is 87.7 cm³/mol. The highest BCUT2D eigenvalue weighted by atomic mass is 32.2. The Bertz CT molecular complexity index is 714. The maximum Gasteiger partial charge on any atom is 0.174 e. The van der Waals surface area contributed by atoms with Gasteiger partial charge in [-0.05, 0) is 45.8 Å². The smallest absolute Gasteiger partial charge is 0.164 e. The highest BCUT2D eigenvalue weighted by Crippen LogP contribution is 2.22. The molecule has 1 N–H and O–H groups in total. The lowest BCUT2D eigenvalue weighted by molar-refractivity contribution is 0.643. The predicted octanol–water partition coefficient (Wildman–Crippen LogP) is 5.56. The molecule has 0 fully saturated rings. The van der Waals surface area contributed by atoms with Crippen molar-refractivity contribution in [3.05, 3.63) is 83.6 Å². The Hall–Kier alpha value is -2.16. The third kappa shape index (κ3) is 2.87. The molecular formula is C18H15OS+. The van der Waals surface area contributed by atoms with E-state index in [9.17, 15) is 0 Å². The van der Waals surface area contributed by atoms with Crippen molar-refractivity contribution in [1.82, 2.24) is 0 Å². The van der Waals surface area contributed by atoms with E-state index >= 15 is 0 Å². The van der Waals surface area contributed by atoms with Gasteiger partial charge in [0.25, 0.3) is 0 Å². The van der Waals surface area contributed by atoms with Crippen LogP contribution >= 0.6 is 10.8 Å². The van der Waals surface area contributed by atoms with Gasteiger partial charge in [-0.1, -0.05) is 48.5 Å². The maximum atomic E-state index is 8.58.